The molecule has 0 spiro atoms. The van der Waals surface area contributed by atoms with Gasteiger partial charge < -0.3 is 5.73 Å². The molecule has 1 rings (SSSR count). The third-order valence-electron chi connectivity index (χ3n) is 1.56. The van der Waals surface area contributed by atoms with Gasteiger partial charge in [0.15, 0.2) is 0 Å². The SMILES string of the molecule is Cc1nnc(CN=C(N)C(C)C)s1. The number of aliphatic imine (C=N–C) groups is 1. The fourth-order valence-electron chi connectivity index (χ4n) is 0.743. The van der Waals surface area contributed by atoms with E-state index in [0.29, 0.717) is 18.3 Å². The molecule has 0 aliphatic rings. The summed E-state index contributed by atoms with van der Waals surface area (Å²) in [6, 6.07) is 0. The maximum Gasteiger partial charge on any atom is 0.139 e. The second-order valence-electron chi connectivity index (χ2n) is 3.11. The molecule has 5 heteroatoms. The van der Waals surface area contributed by atoms with Crippen LogP contribution >= 0.6 is 11.3 Å². The predicted molar refractivity (Wildman–Crippen MR) is 54.8 cm³/mol. The second-order valence-corrected chi connectivity index (χ2v) is 4.38. The quantitative estimate of drug-likeness (QED) is 0.589. The number of hydrogen-bond acceptors (Lipinski definition) is 4. The van der Waals surface area contributed by atoms with Crippen LogP contribution in [0, 0.1) is 12.8 Å². The highest BCUT2D eigenvalue weighted by atomic mass is 32.1. The van der Waals surface area contributed by atoms with E-state index in [2.05, 4.69) is 15.2 Å². The van der Waals surface area contributed by atoms with E-state index in [-0.39, 0.29) is 0 Å². The molecule has 2 N–H and O–H groups in total. The van der Waals surface area contributed by atoms with Gasteiger partial charge in [-0.25, -0.2) is 0 Å². The molecule has 72 valence electrons. The first kappa shape index (κ1) is 10.1. The maximum atomic E-state index is 5.68. The van der Waals surface area contributed by atoms with E-state index < -0.39 is 0 Å². The van der Waals surface area contributed by atoms with Gasteiger partial charge in [0.05, 0.1) is 12.4 Å². The molecule has 1 heterocycles. The highest BCUT2D eigenvalue weighted by molar-refractivity contribution is 7.11. The van der Waals surface area contributed by atoms with Crippen molar-refractivity contribution in [2.24, 2.45) is 16.6 Å². The second kappa shape index (κ2) is 4.32. The lowest BCUT2D eigenvalue weighted by Crippen LogP contribution is -2.18. The van der Waals surface area contributed by atoms with Crippen molar-refractivity contribution in [1.82, 2.24) is 10.2 Å². The molecule has 0 amide bonds. The highest BCUT2D eigenvalue weighted by Crippen LogP contribution is 2.09. The van der Waals surface area contributed by atoms with E-state index in [1.165, 1.54) is 0 Å². The molecule has 4 nitrogen and oxygen atoms in total. The first-order chi connectivity index (χ1) is 6.09. The van der Waals surface area contributed by atoms with Crippen LogP contribution in [-0.4, -0.2) is 16.0 Å². The Morgan fingerprint density at radius 3 is 2.69 bits per heavy atom. The molecule has 0 radical (unpaired) electrons. The van der Waals surface area contributed by atoms with Gasteiger partial charge in [-0.2, -0.15) is 0 Å². The number of hydrogen-bond donors (Lipinski definition) is 1. The minimum absolute atomic E-state index is 0.300. The van der Waals surface area contributed by atoms with Gasteiger partial charge in [0.25, 0.3) is 0 Å². The summed E-state index contributed by atoms with van der Waals surface area (Å²) in [6.45, 7) is 6.51. The van der Waals surface area contributed by atoms with Crippen molar-refractivity contribution in [1.29, 1.82) is 0 Å². The zero-order valence-corrected chi connectivity index (χ0v) is 8.93. The van der Waals surface area contributed by atoms with Crippen LogP contribution in [0.5, 0.6) is 0 Å². The molecule has 0 aliphatic heterocycles. The van der Waals surface area contributed by atoms with Crippen molar-refractivity contribution in [3.8, 4) is 0 Å². The number of rotatable bonds is 3. The van der Waals surface area contributed by atoms with Gasteiger partial charge in [0.2, 0.25) is 0 Å². The molecule has 1 aromatic heterocycles. The first-order valence-electron chi connectivity index (χ1n) is 4.18. The third kappa shape index (κ3) is 3.10. The van der Waals surface area contributed by atoms with E-state index in [1.54, 1.807) is 11.3 Å². The van der Waals surface area contributed by atoms with E-state index in [0.717, 1.165) is 10.0 Å². The summed E-state index contributed by atoms with van der Waals surface area (Å²) in [6.07, 6.45) is 0. The summed E-state index contributed by atoms with van der Waals surface area (Å²) in [5.74, 6) is 0.974. The zero-order valence-electron chi connectivity index (χ0n) is 8.11. The Morgan fingerprint density at radius 1 is 1.54 bits per heavy atom. The lowest BCUT2D eigenvalue weighted by Gasteiger charge is -2.01. The third-order valence-corrected chi connectivity index (χ3v) is 2.38. The lowest BCUT2D eigenvalue weighted by atomic mass is 10.2. The predicted octanol–water partition coefficient (Wildman–Crippen LogP) is 1.36. The van der Waals surface area contributed by atoms with Crippen LogP contribution in [0.15, 0.2) is 4.99 Å². The Labute approximate surface area is 81.9 Å². The first-order valence-corrected chi connectivity index (χ1v) is 5.00. The molecule has 0 saturated heterocycles. The number of amidine groups is 1. The summed E-state index contributed by atoms with van der Waals surface area (Å²) in [5, 5.41) is 9.73. The summed E-state index contributed by atoms with van der Waals surface area (Å²) in [4.78, 5) is 4.21. The van der Waals surface area contributed by atoms with Gasteiger partial charge >= 0.3 is 0 Å². The van der Waals surface area contributed by atoms with Crippen molar-refractivity contribution in [3.05, 3.63) is 10.0 Å². The summed E-state index contributed by atoms with van der Waals surface area (Å²) >= 11 is 1.56. The zero-order chi connectivity index (χ0) is 9.84. The van der Waals surface area contributed by atoms with Crippen LogP contribution in [0.3, 0.4) is 0 Å². The van der Waals surface area contributed by atoms with Gasteiger partial charge in [-0.1, -0.05) is 25.2 Å². The van der Waals surface area contributed by atoms with Crippen LogP contribution in [0.1, 0.15) is 23.9 Å². The topological polar surface area (TPSA) is 64.2 Å². The average molecular weight is 198 g/mol. The Morgan fingerprint density at radius 2 is 2.23 bits per heavy atom. The van der Waals surface area contributed by atoms with E-state index >= 15 is 0 Å². The molecule has 0 bridgehead atoms. The van der Waals surface area contributed by atoms with Crippen molar-refractivity contribution in [3.63, 3.8) is 0 Å². The Hall–Kier alpha value is -0.970. The molecule has 0 saturated carbocycles. The van der Waals surface area contributed by atoms with E-state index in [1.807, 2.05) is 20.8 Å². The molecule has 0 unspecified atom stereocenters. The van der Waals surface area contributed by atoms with Gasteiger partial charge in [0, 0.05) is 5.92 Å². The molecule has 0 atom stereocenters. The summed E-state index contributed by atoms with van der Waals surface area (Å²) in [7, 11) is 0. The van der Waals surface area contributed by atoms with Crippen molar-refractivity contribution in [2.45, 2.75) is 27.3 Å². The Balaban J connectivity index is 2.56. The van der Waals surface area contributed by atoms with Crippen LogP contribution in [0.2, 0.25) is 0 Å². The molecular weight excluding hydrogens is 184 g/mol. The number of aryl methyl sites for hydroxylation is 1. The molecule has 1 aromatic rings. The molecule has 0 aromatic carbocycles. The average Bonchev–Trinajstić information content (AvgIpc) is 2.47. The van der Waals surface area contributed by atoms with E-state index in [4.69, 9.17) is 5.73 Å². The standard InChI is InChI=1S/C8H14N4S/c1-5(2)8(9)10-4-7-12-11-6(3)13-7/h5H,4H2,1-3H3,(H2,9,10). The summed E-state index contributed by atoms with van der Waals surface area (Å²) in [5.41, 5.74) is 5.68. The maximum absolute atomic E-state index is 5.68. The largest absolute Gasteiger partial charge is 0.387 e. The number of nitrogens with zero attached hydrogens (tertiary/aromatic N) is 3. The van der Waals surface area contributed by atoms with Crippen LogP contribution in [-0.2, 0) is 6.54 Å². The number of aromatic nitrogens is 2. The molecule has 13 heavy (non-hydrogen) atoms. The normalized spacial score (nSPS) is 12.5. The van der Waals surface area contributed by atoms with Crippen LogP contribution in [0.25, 0.3) is 0 Å². The van der Waals surface area contributed by atoms with E-state index in [9.17, 15) is 0 Å². The molecule has 0 aliphatic carbocycles. The monoisotopic (exact) mass is 198 g/mol. The lowest BCUT2D eigenvalue weighted by molar-refractivity contribution is 0.848. The smallest absolute Gasteiger partial charge is 0.139 e. The van der Waals surface area contributed by atoms with Gasteiger partial charge in [-0.3, -0.25) is 4.99 Å². The minimum Gasteiger partial charge on any atom is -0.387 e. The Bertz CT molecular complexity index is 303. The van der Waals surface area contributed by atoms with Crippen LogP contribution < -0.4 is 5.73 Å². The van der Waals surface area contributed by atoms with Crippen molar-refractivity contribution in [2.75, 3.05) is 0 Å². The number of nitrogens with two attached hydrogens (primary N) is 1. The van der Waals surface area contributed by atoms with Gasteiger partial charge in [0.1, 0.15) is 10.0 Å². The molecule has 0 fully saturated rings. The van der Waals surface area contributed by atoms with Gasteiger partial charge in [-0.05, 0) is 6.92 Å². The Kier molecular flexibility index (Phi) is 3.36. The van der Waals surface area contributed by atoms with Crippen molar-refractivity contribution < 1.29 is 0 Å². The molecular formula is C8H14N4S. The minimum atomic E-state index is 0.300. The fourth-order valence-corrected chi connectivity index (χ4v) is 1.38. The highest BCUT2D eigenvalue weighted by Gasteiger charge is 2.01. The fraction of sp³-hybridized carbons (Fsp3) is 0.625. The summed E-state index contributed by atoms with van der Waals surface area (Å²) < 4.78 is 0. The van der Waals surface area contributed by atoms with Crippen molar-refractivity contribution >= 4 is 17.2 Å². The van der Waals surface area contributed by atoms with Crippen LogP contribution in [0.4, 0.5) is 0 Å². The van der Waals surface area contributed by atoms with Gasteiger partial charge in [-0.15, -0.1) is 10.2 Å².